The third-order valence-corrected chi connectivity index (χ3v) is 12.7. The summed E-state index contributed by atoms with van der Waals surface area (Å²) >= 11 is 0. The van der Waals surface area contributed by atoms with Crippen molar-refractivity contribution in [2.24, 2.45) is 5.73 Å². The summed E-state index contributed by atoms with van der Waals surface area (Å²) in [5.74, 6) is -1.77. The minimum atomic E-state index is -4.62. The summed E-state index contributed by atoms with van der Waals surface area (Å²) in [7, 11) is -4.62. The van der Waals surface area contributed by atoms with Gasteiger partial charge in [0.25, 0.3) is 0 Å². The van der Waals surface area contributed by atoms with E-state index in [1.807, 2.05) is 0 Å². The van der Waals surface area contributed by atoms with Crippen molar-refractivity contribution in [2.45, 2.75) is 270 Å². The number of hydrogen-bond acceptors (Lipinski definition) is 8. The highest BCUT2D eigenvalue weighted by atomic mass is 31.2. The van der Waals surface area contributed by atoms with Gasteiger partial charge in [-0.2, -0.15) is 0 Å². The first-order chi connectivity index (χ1) is 30.7. The minimum absolute atomic E-state index is 0.0188. The summed E-state index contributed by atoms with van der Waals surface area (Å²) in [6, 6.07) is -1.47. The summed E-state index contributed by atoms with van der Waals surface area (Å²) < 4.78 is 33.5. The van der Waals surface area contributed by atoms with Crippen LogP contribution in [0.25, 0.3) is 0 Å². The van der Waals surface area contributed by atoms with Crippen LogP contribution in [0.2, 0.25) is 0 Å². The molecule has 0 aliphatic heterocycles. The van der Waals surface area contributed by atoms with Crippen LogP contribution in [0.4, 0.5) is 0 Å². The van der Waals surface area contributed by atoms with E-state index in [0.29, 0.717) is 13.0 Å². The molecule has 0 saturated carbocycles. The van der Waals surface area contributed by atoms with Gasteiger partial charge in [-0.25, -0.2) is 4.57 Å². The fourth-order valence-corrected chi connectivity index (χ4v) is 8.37. The van der Waals surface area contributed by atoms with Crippen molar-refractivity contribution in [2.75, 3.05) is 26.4 Å². The maximum atomic E-state index is 12.7. The van der Waals surface area contributed by atoms with Gasteiger partial charge in [0.2, 0.25) is 0 Å². The number of unbranched alkanes of at least 4 members (excludes halogenated alkanes) is 33. The zero-order valence-corrected chi connectivity index (χ0v) is 41.8. The predicted molar refractivity (Wildman–Crippen MR) is 263 cm³/mol. The molecule has 0 bridgehead atoms. The molecule has 3 unspecified atom stereocenters. The predicted octanol–water partition coefficient (Wildman–Crippen LogP) is 15.4. The first-order valence-corrected chi connectivity index (χ1v) is 27.9. The summed E-state index contributed by atoms with van der Waals surface area (Å²) in [5, 5.41) is 8.93. The van der Waals surface area contributed by atoms with Gasteiger partial charge < -0.3 is 25.2 Å². The average molecular weight is 914 g/mol. The van der Waals surface area contributed by atoms with E-state index >= 15 is 0 Å². The Morgan fingerprint density at radius 2 is 0.825 bits per heavy atom. The summed E-state index contributed by atoms with van der Waals surface area (Å²) in [6.45, 7) is 3.92. The number of rotatable bonds is 51. The molecule has 11 heteroatoms. The highest BCUT2D eigenvalue weighted by Crippen LogP contribution is 2.43. The molecule has 0 aliphatic rings. The van der Waals surface area contributed by atoms with Gasteiger partial charge in [-0.05, 0) is 64.2 Å². The van der Waals surface area contributed by atoms with Gasteiger partial charge in [-0.3, -0.25) is 18.6 Å². The van der Waals surface area contributed by atoms with Gasteiger partial charge in [0.15, 0.2) is 0 Å². The van der Waals surface area contributed by atoms with Crippen LogP contribution in [0.5, 0.6) is 0 Å². The Labute approximate surface area is 387 Å². The van der Waals surface area contributed by atoms with E-state index in [9.17, 15) is 19.0 Å². The fraction of sp³-hybridized carbons (Fsp3) is 0.885. The molecule has 0 aliphatic carbocycles. The maximum absolute atomic E-state index is 12.7. The molecule has 10 nitrogen and oxygen atoms in total. The number of carbonyl (C=O) groups excluding carboxylic acids is 1. The summed E-state index contributed by atoms with van der Waals surface area (Å²) in [5.41, 5.74) is 5.38. The molecule has 0 aromatic rings. The standard InChI is InChI=1S/C52H100NO9P/c1-3-5-7-9-11-13-15-17-19-21-23-24-25-27-29-31-33-35-37-39-41-43-45-59-46-49(47-60-63(57,58)61-48-50(53)52(55)56)62-51(54)44-42-40-38-36-34-32-30-28-26-22-20-18-16-14-12-10-8-6-4-2/h18,20-21,23,49-50H,3-17,19,22,24-48,53H2,1-2H3,(H,55,56)(H,57,58)/b20-18-,23-21-. The first-order valence-electron chi connectivity index (χ1n) is 26.4. The second-order valence-corrected chi connectivity index (χ2v) is 19.5. The lowest BCUT2D eigenvalue weighted by Gasteiger charge is -2.20. The van der Waals surface area contributed by atoms with Crippen LogP contribution in [0.3, 0.4) is 0 Å². The van der Waals surface area contributed by atoms with Gasteiger partial charge in [0.1, 0.15) is 12.1 Å². The summed E-state index contributed by atoms with van der Waals surface area (Å²) in [6.07, 6.45) is 55.2. The quantitative estimate of drug-likeness (QED) is 0.0232. The van der Waals surface area contributed by atoms with Crippen LogP contribution < -0.4 is 5.73 Å². The molecule has 0 amide bonds. The van der Waals surface area contributed by atoms with Crippen molar-refractivity contribution in [1.29, 1.82) is 0 Å². The SMILES string of the molecule is CCCCCCCC/C=C\CCCCCCCCCCCC(=O)OC(COCCCCCCCCCCCC/C=C\CCCCCCCCCC)COP(=O)(O)OCC(N)C(=O)O. The van der Waals surface area contributed by atoms with Gasteiger partial charge >= 0.3 is 19.8 Å². The van der Waals surface area contributed by atoms with E-state index < -0.39 is 45.1 Å². The molecule has 0 fully saturated rings. The molecular formula is C52H100NO9P. The molecule has 63 heavy (non-hydrogen) atoms. The van der Waals surface area contributed by atoms with E-state index in [1.165, 1.54) is 193 Å². The van der Waals surface area contributed by atoms with Crippen molar-refractivity contribution in [3.05, 3.63) is 24.3 Å². The smallest absolute Gasteiger partial charge is 0.472 e. The highest BCUT2D eigenvalue weighted by molar-refractivity contribution is 7.47. The second kappa shape index (κ2) is 48.4. The highest BCUT2D eigenvalue weighted by Gasteiger charge is 2.27. The number of esters is 1. The average Bonchev–Trinajstić information content (AvgIpc) is 3.26. The van der Waals surface area contributed by atoms with Crippen LogP contribution in [0.15, 0.2) is 24.3 Å². The Balaban J connectivity index is 4.10. The number of phosphoric acid groups is 1. The number of phosphoric ester groups is 1. The molecule has 0 heterocycles. The van der Waals surface area contributed by atoms with Gasteiger partial charge in [0.05, 0.1) is 19.8 Å². The van der Waals surface area contributed by atoms with Gasteiger partial charge in [0, 0.05) is 13.0 Å². The third-order valence-electron chi connectivity index (χ3n) is 11.7. The zero-order chi connectivity index (χ0) is 46.2. The number of carboxylic acids is 1. The lowest BCUT2D eigenvalue weighted by molar-refractivity contribution is -0.154. The van der Waals surface area contributed by atoms with E-state index in [0.717, 1.165) is 38.5 Å². The van der Waals surface area contributed by atoms with Crippen molar-refractivity contribution >= 4 is 19.8 Å². The van der Waals surface area contributed by atoms with Crippen molar-refractivity contribution in [1.82, 2.24) is 0 Å². The maximum Gasteiger partial charge on any atom is 0.472 e. The van der Waals surface area contributed by atoms with Crippen LogP contribution in [-0.2, 0) is 32.7 Å². The molecule has 3 atom stereocenters. The Morgan fingerprint density at radius 1 is 0.492 bits per heavy atom. The number of hydrogen-bond donors (Lipinski definition) is 3. The Bertz CT molecular complexity index is 1100. The molecule has 0 spiro atoms. The lowest BCUT2D eigenvalue weighted by Crippen LogP contribution is -2.34. The molecule has 0 saturated heterocycles. The summed E-state index contributed by atoms with van der Waals surface area (Å²) in [4.78, 5) is 33.7. The van der Waals surface area contributed by atoms with Crippen LogP contribution in [0, 0.1) is 0 Å². The van der Waals surface area contributed by atoms with E-state index in [2.05, 4.69) is 38.2 Å². The number of aliphatic carboxylic acids is 1. The molecule has 4 N–H and O–H groups in total. The largest absolute Gasteiger partial charge is 0.480 e. The number of ether oxygens (including phenoxy) is 2. The fourth-order valence-electron chi connectivity index (χ4n) is 7.60. The molecule has 0 rings (SSSR count). The van der Waals surface area contributed by atoms with Crippen LogP contribution in [-0.4, -0.2) is 60.5 Å². The second-order valence-electron chi connectivity index (χ2n) is 18.0. The normalized spacial score (nSPS) is 13.8. The van der Waals surface area contributed by atoms with Crippen molar-refractivity contribution in [3.63, 3.8) is 0 Å². The molecular weight excluding hydrogens is 814 g/mol. The molecule has 372 valence electrons. The first kappa shape index (κ1) is 61.5. The number of allylic oxidation sites excluding steroid dienone is 4. The Hall–Kier alpha value is -1.55. The number of carboxylic acid groups (broad SMARTS) is 1. The van der Waals surface area contributed by atoms with Gasteiger partial charge in [-0.15, -0.1) is 0 Å². The number of nitrogens with two attached hydrogens (primary N) is 1. The van der Waals surface area contributed by atoms with Gasteiger partial charge in [-0.1, -0.05) is 212 Å². The Kier molecular flexibility index (Phi) is 47.2. The van der Waals surface area contributed by atoms with Crippen molar-refractivity contribution in [3.8, 4) is 0 Å². The zero-order valence-electron chi connectivity index (χ0n) is 40.9. The van der Waals surface area contributed by atoms with E-state index in [1.54, 1.807) is 0 Å². The van der Waals surface area contributed by atoms with E-state index in [-0.39, 0.29) is 13.0 Å². The van der Waals surface area contributed by atoms with Crippen LogP contribution in [0.1, 0.15) is 258 Å². The minimum Gasteiger partial charge on any atom is -0.480 e. The molecule has 0 radical (unpaired) electrons. The monoisotopic (exact) mass is 914 g/mol. The van der Waals surface area contributed by atoms with Crippen molar-refractivity contribution < 1.29 is 42.7 Å². The van der Waals surface area contributed by atoms with Crippen LogP contribution >= 0.6 is 7.82 Å². The van der Waals surface area contributed by atoms with E-state index in [4.69, 9.17) is 29.4 Å². The third kappa shape index (κ3) is 48.2. The molecule has 0 aromatic heterocycles. The topological polar surface area (TPSA) is 155 Å². The number of carbonyl (C=O) groups is 2. The molecule has 0 aromatic carbocycles. The Morgan fingerprint density at radius 3 is 1.21 bits per heavy atom. The lowest BCUT2D eigenvalue weighted by atomic mass is 10.1.